The first-order chi connectivity index (χ1) is 12.0. The van der Waals surface area contributed by atoms with E-state index in [0.717, 1.165) is 6.07 Å². The fourth-order valence-corrected chi connectivity index (χ4v) is 2.98. The number of anilines is 1. The van der Waals surface area contributed by atoms with Gasteiger partial charge in [-0.3, -0.25) is 10.1 Å². The van der Waals surface area contributed by atoms with Crippen LogP contribution in [0.15, 0.2) is 12.1 Å². The first-order valence-electron chi connectivity index (χ1n) is 7.00. The molecule has 0 saturated heterocycles. The number of benzene rings is 1. The maximum Gasteiger partial charge on any atom is 0.292 e. The van der Waals surface area contributed by atoms with Crippen LogP contribution in [0.4, 0.5) is 11.4 Å². The lowest BCUT2D eigenvalue weighted by Crippen LogP contribution is -2.32. The average molecular weight is 410 g/mol. The van der Waals surface area contributed by atoms with E-state index in [0.29, 0.717) is 18.5 Å². The van der Waals surface area contributed by atoms with Crippen molar-refractivity contribution in [1.82, 2.24) is 0 Å². The molecule has 146 valence electrons. The van der Waals surface area contributed by atoms with Gasteiger partial charge in [0.15, 0.2) is 0 Å². The van der Waals surface area contributed by atoms with E-state index >= 15 is 0 Å². The van der Waals surface area contributed by atoms with Gasteiger partial charge in [0.2, 0.25) is 0 Å². The zero-order valence-corrected chi connectivity index (χ0v) is 14.7. The van der Waals surface area contributed by atoms with Gasteiger partial charge in [0.05, 0.1) is 33.8 Å². The summed E-state index contributed by atoms with van der Waals surface area (Å²) in [5.74, 6) is 0.0612. The zero-order chi connectivity index (χ0) is 19.5. The third-order valence-corrected chi connectivity index (χ3v) is 4.18. The number of rotatable bonds is 9. The van der Waals surface area contributed by atoms with Crippen molar-refractivity contribution in [3.63, 3.8) is 0 Å². The summed E-state index contributed by atoms with van der Waals surface area (Å²) in [4.78, 5) is 52.7. The Bertz CT molecular complexity index is 748. The maximum absolute atomic E-state index is 11.0. The molecule has 1 N–H and O–H groups in total. The molecule has 1 aliphatic rings. The number of hydrogen-bond donors (Lipinski definition) is 1. The number of nitrogens with zero attached hydrogens (tertiary/aromatic N) is 1. The number of ether oxygens (including phenoxy) is 1. The molecule has 0 unspecified atom stereocenters. The van der Waals surface area contributed by atoms with Crippen molar-refractivity contribution in [2.75, 3.05) is 25.1 Å². The second-order valence-electron chi connectivity index (χ2n) is 5.10. The SMILES string of the molecule is O=[N+]([O-])c1ccc(OC(COP(=O)([O-])[O-])COP(=O)([O-])[O-])c2c1NCC2. The Kier molecular flexibility index (Phi) is 6.37. The number of fused-ring (bicyclic) bond motifs is 1. The molecule has 1 aromatic rings. The molecule has 0 fully saturated rings. The Morgan fingerprint density at radius 2 is 1.69 bits per heavy atom. The van der Waals surface area contributed by atoms with Crippen molar-refractivity contribution in [2.24, 2.45) is 0 Å². The van der Waals surface area contributed by atoms with E-state index in [1.807, 2.05) is 0 Å². The van der Waals surface area contributed by atoms with Crippen molar-refractivity contribution in [3.05, 3.63) is 27.8 Å². The van der Waals surface area contributed by atoms with Gasteiger partial charge in [0.25, 0.3) is 5.69 Å². The van der Waals surface area contributed by atoms with E-state index in [9.17, 15) is 38.8 Å². The summed E-state index contributed by atoms with van der Waals surface area (Å²) in [7, 11) is -10.8. The van der Waals surface area contributed by atoms with Crippen molar-refractivity contribution in [3.8, 4) is 5.75 Å². The number of phosphoric acid groups is 2. The van der Waals surface area contributed by atoms with Gasteiger partial charge in [0, 0.05) is 18.2 Å². The minimum Gasteiger partial charge on any atom is -0.790 e. The molecular weight excluding hydrogens is 398 g/mol. The van der Waals surface area contributed by atoms with E-state index in [4.69, 9.17) is 4.74 Å². The summed E-state index contributed by atoms with van der Waals surface area (Å²) >= 11 is 0. The van der Waals surface area contributed by atoms with Gasteiger partial charge in [0.1, 0.15) is 17.5 Å². The normalized spacial score (nSPS) is 14.2. The maximum atomic E-state index is 11.0. The highest BCUT2D eigenvalue weighted by atomic mass is 31.2. The second kappa shape index (κ2) is 7.99. The Balaban J connectivity index is 2.21. The number of nitro groups is 1. The van der Waals surface area contributed by atoms with Crippen molar-refractivity contribution in [2.45, 2.75) is 12.5 Å². The second-order valence-corrected chi connectivity index (χ2v) is 7.40. The highest BCUT2D eigenvalue weighted by Gasteiger charge is 2.26. The first kappa shape index (κ1) is 20.7. The lowest BCUT2D eigenvalue weighted by molar-refractivity contribution is -0.384. The van der Waals surface area contributed by atoms with Crippen molar-refractivity contribution in [1.29, 1.82) is 0 Å². The predicted octanol–water partition coefficient (Wildman–Crippen LogP) is -2.00. The number of nitrogens with one attached hydrogen (secondary N) is 1. The van der Waals surface area contributed by atoms with Gasteiger partial charge in [-0.25, -0.2) is 0 Å². The van der Waals surface area contributed by atoms with E-state index in [1.54, 1.807) is 0 Å². The molecule has 26 heavy (non-hydrogen) atoms. The van der Waals surface area contributed by atoms with Gasteiger partial charge < -0.3 is 47.8 Å². The van der Waals surface area contributed by atoms with Gasteiger partial charge in [-0.1, -0.05) is 0 Å². The molecule has 0 aromatic heterocycles. The van der Waals surface area contributed by atoms with Crippen molar-refractivity contribution >= 4 is 27.0 Å². The Hall–Kier alpha value is -1.56. The Morgan fingerprint density at radius 3 is 2.19 bits per heavy atom. The molecule has 0 atom stereocenters. The van der Waals surface area contributed by atoms with Crippen LogP contribution in [-0.4, -0.2) is 30.8 Å². The molecule has 1 aromatic carbocycles. The van der Waals surface area contributed by atoms with Crippen LogP contribution in [-0.2, 0) is 24.6 Å². The summed E-state index contributed by atoms with van der Waals surface area (Å²) in [6.45, 7) is -1.45. The lowest BCUT2D eigenvalue weighted by Gasteiger charge is -2.33. The van der Waals surface area contributed by atoms with Crippen molar-refractivity contribution < 1.29 is 47.4 Å². The van der Waals surface area contributed by atoms with Crippen LogP contribution in [0.5, 0.6) is 5.75 Å². The summed E-state index contributed by atoms with van der Waals surface area (Å²) < 4.78 is 34.6. The summed E-state index contributed by atoms with van der Waals surface area (Å²) in [5, 5.41) is 13.8. The van der Waals surface area contributed by atoms with Crippen LogP contribution in [0.2, 0.25) is 0 Å². The molecule has 1 aliphatic heterocycles. The molecule has 0 amide bonds. The predicted molar refractivity (Wildman–Crippen MR) is 76.8 cm³/mol. The fraction of sp³-hybridized carbons (Fsp3) is 0.455. The van der Waals surface area contributed by atoms with Crippen LogP contribution >= 0.6 is 15.6 Å². The van der Waals surface area contributed by atoms with E-state index in [-0.39, 0.29) is 17.1 Å². The van der Waals surface area contributed by atoms with Crippen LogP contribution in [0, 0.1) is 10.1 Å². The molecule has 0 saturated carbocycles. The van der Waals surface area contributed by atoms with Gasteiger partial charge in [-0.15, -0.1) is 0 Å². The van der Waals surface area contributed by atoms with Crippen LogP contribution in [0.25, 0.3) is 0 Å². The van der Waals surface area contributed by atoms with Gasteiger partial charge in [-0.2, -0.15) is 0 Å². The molecule has 0 aliphatic carbocycles. The molecular formula is C11H12N2O11P2-4. The van der Waals surface area contributed by atoms with Crippen LogP contribution in [0.3, 0.4) is 0 Å². The molecule has 2 rings (SSSR count). The zero-order valence-electron chi connectivity index (χ0n) is 12.9. The quantitative estimate of drug-likeness (QED) is 0.266. The standard InChI is InChI=1S/C11H16N2O11P2/c14-13(15)9-1-2-10(8-3-4-12-11(8)9)24-7(5-22-25(16,17)18)6-23-26(19,20)21/h1-2,7,12H,3-6H2,(H2,16,17,18)(H2,19,20,21)/p-4. The minimum absolute atomic E-state index is 0.0612. The average Bonchev–Trinajstić information content (AvgIpc) is 2.97. The monoisotopic (exact) mass is 410 g/mol. The molecule has 0 spiro atoms. The molecule has 1 heterocycles. The molecule has 15 heteroatoms. The highest BCUT2D eigenvalue weighted by Crippen LogP contribution is 2.39. The summed E-state index contributed by atoms with van der Waals surface area (Å²) in [6, 6.07) is 2.35. The molecule has 0 bridgehead atoms. The van der Waals surface area contributed by atoms with E-state index in [2.05, 4.69) is 14.4 Å². The minimum atomic E-state index is -5.39. The van der Waals surface area contributed by atoms with E-state index in [1.165, 1.54) is 6.07 Å². The third-order valence-electron chi connectivity index (χ3n) is 3.25. The third kappa shape index (κ3) is 6.01. The Morgan fingerprint density at radius 1 is 1.12 bits per heavy atom. The summed E-state index contributed by atoms with van der Waals surface area (Å²) in [5.41, 5.74) is 0.384. The highest BCUT2D eigenvalue weighted by molar-refractivity contribution is 7.43. The summed E-state index contributed by atoms with van der Waals surface area (Å²) in [6.07, 6.45) is -1.11. The van der Waals surface area contributed by atoms with Gasteiger partial charge in [-0.05, 0) is 12.5 Å². The molecule has 0 radical (unpaired) electrons. The lowest BCUT2D eigenvalue weighted by atomic mass is 10.1. The number of phosphoric ester groups is 2. The van der Waals surface area contributed by atoms with Gasteiger partial charge >= 0.3 is 0 Å². The fourth-order valence-electron chi connectivity index (χ4n) is 2.28. The topological polar surface area (TPSA) is 209 Å². The number of hydrogen-bond acceptors (Lipinski definition) is 12. The van der Waals surface area contributed by atoms with Crippen LogP contribution in [0.1, 0.15) is 5.56 Å². The smallest absolute Gasteiger partial charge is 0.292 e. The number of nitro benzene ring substituents is 1. The molecule has 13 nitrogen and oxygen atoms in total. The Labute approximate surface area is 146 Å². The first-order valence-corrected chi connectivity index (χ1v) is 9.92. The van der Waals surface area contributed by atoms with Crippen LogP contribution < -0.4 is 29.6 Å². The van der Waals surface area contributed by atoms with E-state index < -0.39 is 39.9 Å². The largest absolute Gasteiger partial charge is 0.790 e.